The molecular formula is C28H37N7O5. The lowest BCUT2D eigenvalue weighted by molar-refractivity contribution is -0.144. The lowest BCUT2D eigenvalue weighted by Crippen LogP contribution is -2.58. The van der Waals surface area contributed by atoms with Gasteiger partial charge in [0.15, 0.2) is 0 Å². The lowest BCUT2D eigenvalue weighted by Gasteiger charge is -2.29. The van der Waals surface area contributed by atoms with Crippen molar-refractivity contribution in [2.24, 2.45) is 11.7 Å². The van der Waals surface area contributed by atoms with Crippen molar-refractivity contribution in [3.63, 3.8) is 0 Å². The fourth-order valence-corrected chi connectivity index (χ4v) is 5.17. The van der Waals surface area contributed by atoms with Gasteiger partial charge in [-0.15, -0.1) is 0 Å². The highest BCUT2D eigenvalue weighted by molar-refractivity contribution is 5.95. The predicted molar refractivity (Wildman–Crippen MR) is 148 cm³/mol. The third-order valence-corrected chi connectivity index (χ3v) is 7.66. The number of nitrogens with one attached hydrogen (secondary N) is 4. The number of benzene rings is 1. The number of rotatable bonds is 12. The number of carboxylic acids is 1. The van der Waals surface area contributed by atoms with E-state index in [1.54, 1.807) is 6.92 Å². The predicted octanol–water partition coefficient (Wildman–Crippen LogP) is 1.09. The van der Waals surface area contributed by atoms with Crippen LogP contribution < -0.4 is 16.4 Å². The summed E-state index contributed by atoms with van der Waals surface area (Å²) in [7, 11) is 0. The molecule has 3 heterocycles. The van der Waals surface area contributed by atoms with E-state index in [2.05, 4.69) is 25.6 Å². The van der Waals surface area contributed by atoms with Crippen molar-refractivity contribution in [1.82, 2.24) is 30.5 Å². The summed E-state index contributed by atoms with van der Waals surface area (Å²) < 4.78 is 0. The zero-order valence-corrected chi connectivity index (χ0v) is 22.7. The highest BCUT2D eigenvalue weighted by atomic mass is 16.4. The summed E-state index contributed by atoms with van der Waals surface area (Å²) in [5, 5.41) is 16.0. The van der Waals surface area contributed by atoms with E-state index < -0.39 is 42.0 Å². The Bertz CT molecular complexity index is 1340. The summed E-state index contributed by atoms with van der Waals surface area (Å²) in [6, 6.07) is 3.95. The van der Waals surface area contributed by atoms with Gasteiger partial charge in [-0.3, -0.25) is 14.4 Å². The maximum atomic E-state index is 13.5. The molecule has 1 aliphatic heterocycles. The molecule has 1 aromatic carbocycles. The molecule has 1 aliphatic rings. The first-order valence-corrected chi connectivity index (χ1v) is 13.6. The third-order valence-electron chi connectivity index (χ3n) is 7.66. The topological polar surface area (TPSA) is 186 Å². The number of carbonyl (C=O) groups is 4. The Kier molecular flexibility index (Phi) is 9.20. The average molecular weight is 552 g/mol. The van der Waals surface area contributed by atoms with Crippen LogP contribution in [0.1, 0.15) is 44.4 Å². The van der Waals surface area contributed by atoms with Crippen molar-refractivity contribution in [2.75, 3.05) is 6.54 Å². The van der Waals surface area contributed by atoms with Crippen molar-refractivity contribution in [3.05, 3.63) is 54.2 Å². The van der Waals surface area contributed by atoms with Gasteiger partial charge in [0.05, 0.1) is 12.4 Å². The molecule has 0 bridgehead atoms. The Morgan fingerprint density at radius 2 is 1.95 bits per heavy atom. The average Bonchev–Trinajstić information content (AvgIpc) is 3.72. The molecule has 12 nitrogen and oxygen atoms in total. The minimum absolute atomic E-state index is 0.0746. The van der Waals surface area contributed by atoms with E-state index in [0.717, 1.165) is 16.5 Å². The largest absolute Gasteiger partial charge is 0.480 e. The maximum Gasteiger partial charge on any atom is 0.326 e. The van der Waals surface area contributed by atoms with E-state index in [9.17, 15) is 24.3 Å². The van der Waals surface area contributed by atoms with Crippen LogP contribution in [0.25, 0.3) is 10.9 Å². The zero-order valence-electron chi connectivity index (χ0n) is 22.7. The van der Waals surface area contributed by atoms with Crippen LogP contribution in [0.3, 0.4) is 0 Å². The lowest BCUT2D eigenvalue weighted by atomic mass is 9.98. The highest BCUT2D eigenvalue weighted by Crippen LogP contribution is 2.22. The van der Waals surface area contributed by atoms with Crippen LogP contribution in [0.5, 0.6) is 0 Å². The van der Waals surface area contributed by atoms with Gasteiger partial charge in [0, 0.05) is 42.0 Å². The molecule has 0 saturated carbocycles. The van der Waals surface area contributed by atoms with Gasteiger partial charge in [-0.2, -0.15) is 0 Å². The van der Waals surface area contributed by atoms with Crippen LogP contribution >= 0.6 is 0 Å². The first-order valence-electron chi connectivity index (χ1n) is 13.6. The molecule has 3 aromatic rings. The van der Waals surface area contributed by atoms with E-state index in [1.807, 2.05) is 37.4 Å². The van der Waals surface area contributed by atoms with E-state index in [-0.39, 0.29) is 18.2 Å². The number of imidazole rings is 1. The summed E-state index contributed by atoms with van der Waals surface area (Å²) in [5.41, 5.74) is 8.80. The second-order valence-corrected chi connectivity index (χ2v) is 10.4. The molecule has 0 spiro atoms. The van der Waals surface area contributed by atoms with Gasteiger partial charge >= 0.3 is 5.97 Å². The monoisotopic (exact) mass is 551 g/mol. The number of aliphatic carboxylic acids is 1. The molecule has 0 aliphatic carbocycles. The fraction of sp³-hybridized carbons (Fsp3) is 0.464. The summed E-state index contributed by atoms with van der Waals surface area (Å²) in [6.45, 7) is 3.96. The molecule has 40 heavy (non-hydrogen) atoms. The van der Waals surface area contributed by atoms with Crippen LogP contribution in [0.4, 0.5) is 0 Å². The molecule has 1 saturated heterocycles. The minimum Gasteiger partial charge on any atom is -0.480 e. The first-order chi connectivity index (χ1) is 19.2. The number of aromatic nitrogens is 3. The van der Waals surface area contributed by atoms with E-state index >= 15 is 0 Å². The Hall–Kier alpha value is -4.19. The maximum absolute atomic E-state index is 13.5. The molecule has 3 amide bonds. The van der Waals surface area contributed by atoms with Crippen molar-refractivity contribution >= 4 is 34.6 Å². The van der Waals surface area contributed by atoms with Crippen molar-refractivity contribution < 1.29 is 24.3 Å². The molecular weight excluding hydrogens is 514 g/mol. The second kappa shape index (κ2) is 12.8. The summed E-state index contributed by atoms with van der Waals surface area (Å²) in [6.07, 6.45) is 6.82. The third kappa shape index (κ3) is 6.50. The number of fused-ring (bicyclic) bond motifs is 1. The fourth-order valence-electron chi connectivity index (χ4n) is 5.17. The molecule has 12 heteroatoms. The Labute approximate surface area is 232 Å². The Morgan fingerprint density at radius 1 is 1.18 bits per heavy atom. The van der Waals surface area contributed by atoms with Gasteiger partial charge < -0.3 is 36.3 Å². The summed E-state index contributed by atoms with van der Waals surface area (Å²) >= 11 is 0. The van der Waals surface area contributed by atoms with Crippen LogP contribution in [-0.4, -0.2) is 79.4 Å². The van der Waals surface area contributed by atoms with E-state index in [4.69, 9.17) is 5.73 Å². The Balaban J connectivity index is 1.46. The molecule has 5 unspecified atom stereocenters. The number of nitrogens with zero attached hydrogens (tertiary/aromatic N) is 2. The standard InChI is InChI=1S/C28H37N7O5/c1-3-16(2)24(28(39)40)34-25(36)22(12-18-14-30-15-32-18)33-26(37)23-9-6-10-35(23)27(38)20(29)11-17-13-31-21-8-5-4-7-19(17)21/h4-5,7-8,13-16,20,22-24,31H,3,6,9-12,29H2,1-2H3,(H,30,32)(H,33,37)(H,34,36)(H,39,40). The van der Waals surface area contributed by atoms with Crippen LogP contribution in [-0.2, 0) is 32.0 Å². The van der Waals surface area contributed by atoms with E-state index in [1.165, 1.54) is 17.4 Å². The number of carboxylic acid groups (broad SMARTS) is 1. The van der Waals surface area contributed by atoms with Gasteiger partial charge in [-0.1, -0.05) is 38.5 Å². The van der Waals surface area contributed by atoms with Gasteiger partial charge in [-0.25, -0.2) is 9.78 Å². The van der Waals surface area contributed by atoms with Crippen LogP contribution in [0.15, 0.2) is 43.0 Å². The number of hydrogen-bond donors (Lipinski definition) is 6. The Morgan fingerprint density at radius 3 is 2.65 bits per heavy atom. The smallest absolute Gasteiger partial charge is 0.326 e. The number of para-hydroxylation sites is 1. The van der Waals surface area contributed by atoms with Crippen LogP contribution in [0, 0.1) is 5.92 Å². The number of carbonyl (C=O) groups excluding carboxylic acids is 3. The minimum atomic E-state index is -1.15. The molecule has 0 radical (unpaired) electrons. The second-order valence-electron chi connectivity index (χ2n) is 10.4. The molecule has 5 atom stereocenters. The SMILES string of the molecule is CCC(C)C(NC(=O)C(Cc1cnc[nH]1)NC(=O)C1CCCN1C(=O)C(N)Cc1c[nH]c2ccccc12)C(=O)O. The number of likely N-dealkylation sites (tertiary alicyclic amines) is 1. The van der Waals surface area contributed by atoms with Crippen molar-refractivity contribution in [2.45, 2.75) is 70.1 Å². The van der Waals surface area contributed by atoms with Crippen LogP contribution in [0.2, 0.25) is 0 Å². The number of amides is 3. The summed E-state index contributed by atoms with van der Waals surface area (Å²) in [5.74, 6) is -2.90. The highest BCUT2D eigenvalue weighted by Gasteiger charge is 2.38. The molecule has 1 fully saturated rings. The van der Waals surface area contributed by atoms with Gasteiger partial charge in [-0.05, 0) is 36.8 Å². The van der Waals surface area contributed by atoms with Gasteiger partial charge in [0.25, 0.3) is 0 Å². The number of H-pyrrole nitrogens is 2. The number of aromatic amines is 2. The molecule has 7 N–H and O–H groups in total. The van der Waals surface area contributed by atoms with Gasteiger partial charge in [0.2, 0.25) is 17.7 Å². The van der Waals surface area contributed by atoms with Gasteiger partial charge in [0.1, 0.15) is 18.1 Å². The quantitative estimate of drug-likeness (QED) is 0.194. The normalized spacial score (nSPS) is 18.2. The van der Waals surface area contributed by atoms with Crippen molar-refractivity contribution in [3.8, 4) is 0 Å². The molecule has 2 aromatic heterocycles. The zero-order chi connectivity index (χ0) is 28.8. The van der Waals surface area contributed by atoms with E-state index in [0.29, 0.717) is 37.9 Å². The molecule has 214 valence electrons. The summed E-state index contributed by atoms with van der Waals surface area (Å²) in [4.78, 5) is 63.4. The number of nitrogens with two attached hydrogens (primary N) is 1. The first kappa shape index (κ1) is 28.8. The van der Waals surface area contributed by atoms with Crippen molar-refractivity contribution in [1.29, 1.82) is 0 Å². The molecule has 4 rings (SSSR count). The number of hydrogen-bond acceptors (Lipinski definition) is 6.